The van der Waals surface area contributed by atoms with E-state index in [0.717, 1.165) is 31.7 Å². The molecule has 3 nitrogen and oxygen atoms in total. The lowest BCUT2D eigenvalue weighted by Gasteiger charge is -2.34. The average molecular weight is 264 g/mol. The van der Waals surface area contributed by atoms with Gasteiger partial charge in [0, 0.05) is 13.1 Å². The van der Waals surface area contributed by atoms with Crippen molar-refractivity contribution in [3.8, 4) is 6.07 Å². The molecular formula is C14H18ClN3. The molecule has 1 heterocycles. The van der Waals surface area contributed by atoms with Crippen LogP contribution < -0.4 is 10.6 Å². The molecule has 1 unspecified atom stereocenters. The van der Waals surface area contributed by atoms with E-state index in [-0.39, 0.29) is 0 Å². The molecule has 96 valence electrons. The predicted molar refractivity (Wildman–Crippen MR) is 74.8 cm³/mol. The second-order valence-corrected chi connectivity index (χ2v) is 5.22. The van der Waals surface area contributed by atoms with Gasteiger partial charge in [0.25, 0.3) is 0 Å². The Morgan fingerprint density at radius 3 is 3.00 bits per heavy atom. The maximum Gasteiger partial charge on any atom is 0.0992 e. The molecule has 0 saturated carbocycles. The third kappa shape index (κ3) is 2.95. The van der Waals surface area contributed by atoms with Crippen molar-refractivity contribution >= 4 is 17.3 Å². The first-order valence-electron chi connectivity index (χ1n) is 6.39. The smallest absolute Gasteiger partial charge is 0.0992 e. The van der Waals surface area contributed by atoms with Crippen LogP contribution >= 0.6 is 11.6 Å². The molecule has 0 bridgehead atoms. The lowest BCUT2D eigenvalue weighted by atomic mass is 9.94. The van der Waals surface area contributed by atoms with Gasteiger partial charge in [0.2, 0.25) is 0 Å². The fourth-order valence-corrected chi connectivity index (χ4v) is 2.89. The Balaban J connectivity index is 2.13. The van der Waals surface area contributed by atoms with Crippen molar-refractivity contribution < 1.29 is 0 Å². The molecule has 4 heteroatoms. The second-order valence-electron chi connectivity index (χ2n) is 4.81. The minimum atomic E-state index is 0.610. The Morgan fingerprint density at radius 1 is 1.50 bits per heavy atom. The molecule has 18 heavy (non-hydrogen) atoms. The van der Waals surface area contributed by atoms with E-state index in [1.807, 2.05) is 12.1 Å². The number of piperidine rings is 1. The van der Waals surface area contributed by atoms with E-state index < -0.39 is 0 Å². The monoisotopic (exact) mass is 263 g/mol. The van der Waals surface area contributed by atoms with Crippen LogP contribution in [0.4, 0.5) is 5.69 Å². The van der Waals surface area contributed by atoms with Gasteiger partial charge in [-0.3, -0.25) is 0 Å². The van der Waals surface area contributed by atoms with Gasteiger partial charge in [0.05, 0.1) is 22.3 Å². The van der Waals surface area contributed by atoms with Crippen molar-refractivity contribution in [2.24, 2.45) is 11.7 Å². The summed E-state index contributed by atoms with van der Waals surface area (Å²) in [4.78, 5) is 2.31. The van der Waals surface area contributed by atoms with Crippen molar-refractivity contribution in [1.29, 1.82) is 5.26 Å². The zero-order valence-electron chi connectivity index (χ0n) is 10.4. The maximum atomic E-state index is 8.84. The van der Waals surface area contributed by atoms with E-state index in [9.17, 15) is 0 Å². The van der Waals surface area contributed by atoms with Crippen LogP contribution in [0.15, 0.2) is 18.2 Å². The van der Waals surface area contributed by atoms with Crippen molar-refractivity contribution in [3.05, 3.63) is 28.8 Å². The number of nitriles is 1. The summed E-state index contributed by atoms with van der Waals surface area (Å²) in [5.41, 5.74) is 7.28. The van der Waals surface area contributed by atoms with E-state index in [0.29, 0.717) is 16.5 Å². The summed E-state index contributed by atoms with van der Waals surface area (Å²) in [6.45, 7) is 2.80. The number of hydrogen-bond acceptors (Lipinski definition) is 3. The average Bonchev–Trinajstić information content (AvgIpc) is 2.39. The minimum Gasteiger partial charge on any atom is -0.370 e. The van der Waals surface area contributed by atoms with Gasteiger partial charge in [0.15, 0.2) is 0 Å². The number of rotatable bonds is 3. The number of hydrogen-bond donors (Lipinski definition) is 1. The molecule has 1 saturated heterocycles. The van der Waals surface area contributed by atoms with Gasteiger partial charge in [-0.15, -0.1) is 0 Å². The van der Waals surface area contributed by atoms with Crippen molar-refractivity contribution in [3.63, 3.8) is 0 Å². The SMILES string of the molecule is N#Cc1ccc(N2CCCC(CCN)C2)c(Cl)c1. The Morgan fingerprint density at radius 2 is 2.33 bits per heavy atom. The number of nitrogens with zero attached hydrogens (tertiary/aromatic N) is 2. The molecule has 0 radical (unpaired) electrons. The van der Waals surface area contributed by atoms with Crippen LogP contribution in [-0.4, -0.2) is 19.6 Å². The third-order valence-electron chi connectivity index (χ3n) is 3.51. The summed E-state index contributed by atoms with van der Waals surface area (Å²) in [6.07, 6.45) is 3.51. The Labute approximate surface area is 113 Å². The Bertz CT molecular complexity index is 451. The van der Waals surface area contributed by atoms with Gasteiger partial charge >= 0.3 is 0 Å². The molecule has 1 aromatic carbocycles. The number of nitrogens with two attached hydrogens (primary N) is 1. The van der Waals surface area contributed by atoms with Gasteiger partial charge in [0.1, 0.15) is 0 Å². The Kier molecular flexibility index (Phi) is 4.46. The van der Waals surface area contributed by atoms with Crippen LogP contribution in [0.1, 0.15) is 24.8 Å². The van der Waals surface area contributed by atoms with Gasteiger partial charge in [-0.05, 0) is 49.9 Å². The fourth-order valence-electron chi connectivity index (χ4n) is 2.59. The first-order valence-corrected chi connectivity index (χ1v) is 6.77. The molecule has 1 aromatic rings. The van der Waals surface area contributed by atoms with Crippen LogP contribution in [0.2, 0.25) is 5.02 Å². The molecule has 1 fully saturated rings. The lowest BCUT2D eigenvalue weighted by Crippen LogP contribution is -2.36. The molecule has 1 aliphatic rings. The summed E-state index contributed by atoms with van der Waals surface area (Å²) in [7, 11) is 0. The standard InChI is InChI=1S/C14H18ClN3/c15-13-8-12(9-17)3-4-14(13)18-7-1-2-11(10-18)5-6-16/h3-4,8,11H,1-2,5-7,10,16H2. The Hall–Kier alpha value is -1.24. The molecule has 2 rings (SSSR count). The molecule has 0 amide bonds. The van der Waals surface area contributed by atoms with E-state index in [2.05, 4.69) is 11.0 Å². The summed E-state index contributed by atoms with van der Waals surface area (Å²) < 4.78 is 0. The summed E-state index contributed by atoms with van der Waals surface area (Å²) in [6, 6.07) is 7.62. The number of halogens is 1. The third-order valence-corrected chi connectivity index (χ3v) is 3.81. The fraction of sp³-hybridized carbons (Fsp3) is 0.500. The number of anilines is 1. The van der Waals surface area contributed by atoms with Crippen LogP contribution in [0, 0.1) is 17.2 Å². The van der Waals surface area contributed by atoms with Crippen molar-refractivity contribution in [2.45, 2.75) is 19.3 Å². The molecule has 1 atom stereocenters. The maximum absolute atomic E-state index is 8.84. The first-order chi connectivity index (χ1) is 8.74. The number of benzene rings is 1. The van der Waals surface area contributed by atoms with Gasteiger partial charge in [-0.1, -0.05) is 11.6 Å². The zero-order valence-corrected chi connectivity index (χ0v) is 11.2. The van der Waals surface area contributed by atoms with Crippen LogP contribution in [0.25, 0.3) is 0 Å². The first kappa shape index (κ1) is 13.2. The largest absolute Gasteiger partial charge is 0.370 e. The van der Waals surface area contributed by atoms with Crippen molar-refractivity contribution in [2.75, 3.05) is 24.5 Å². The van der Waals surface area contributed by atoms with Crippen LogP contribution in [0.5, 0.6) is 0 Å². The highest BCUT2D eigenvalue weighted by Gasteiger charge is 2.21. The molecule has 2 N–H and O–H groups in total. The molecule has 1 aliphatic heterocycles. The van der Waals surface area contributed by atoms with E-state index in [4.69, 9.17) is 22.6 Å². The van der Waals surface area contributed by atoms with E-state index in [1.165, 1.54) is 12.8 Å². The zero-order chi connectivity index (χ0) is 13.0. The summed E-state index contributed by atoms with van der Waals surface area (Å²) in [5.74, 6) is 0.662. The lowest BCUT2D eigenvalue weighted by molar-refractivity contribution is 0.396. The van der Waals surface area contributed by atoms with Gasteiger partial charge in [-0.2, -0.15) is 5.26 Å². The normalized spacial score (nSPS) is 19.6. The highest BCUT2D eigenvalue weighted by molar-refractivity contribution is 6.33. The second kappa shape index (κ2) is 6.08. The molecule has 0 aliphatic carbocycles. The molecular weight excluding hydrogens is 246 g/mol. The van der Waals surface area contributed by atoms with Gasteiger partial charge < -0.3 is 10.6 Å². The van der Waals surface area contributed by atoms with Crippen molar-refractivity contribution in [1.82, 2.24) is 0 Å². The van der Waals surface area contributed by atoms with Crippen LogP contribution in [0.3, 0.4) is 0 Å². The van der Waals surface area contributed by atoms with Gasteiger partial charge in [-0.25, -0.2) is 0 Å². The quantitative estimate of drug-likeness (QED) is 0.912. The minimum absolute atomic E-state index is 0.610. The van der Waals surface area contributed by atoms with E-state index in [1.54, 1.807) is 6.07 Å². The highest BCUT2D eigenvalue weighted by Crippen LogP contribution is 2.31. The summed E-state index contributed by atoms with van der Waals surface area (Å²) >= 11 is 6.25. The van der Waals surface area contributed by atoms with E-state index >= 15 is 0 Å². The summed E-state index contributed by atoms with van der Waals surface area (Å²) in [5, 5.41) is 9.51. The highest BCUT2D eigenvalue weighted by atomic mass is 35.5. The van der Waals surface area contributed by atoms with Crippen LogP contribution in [-0.2, 0) is 0 Å². The topological polar surface area (TPSA) is 53.0 Å². The predicted octanol–water partition coefficient (Wildman–Crippen LogP) is 2.78. The molecule has 0 aromatic heterocycles. The molecule has 0 spiro atoms.